The predicted octanol–water partition coefficient (Wildman–Crippen LogP) is 4.42. The lowest BCUT2D eigenvalue weighted by Crippen LogP contribution is -2.52. The summed E-state index contributed by atoms with van der Waals surface area (Å²) in [6.45, 7) is 3.94. The Hall–Kier alpha value is -3.62. The normalized spacial score (nSPS) is 18.1. The zero-order valence-electron chi connectivity index (χ0n) is 23.9. The van der Waals surface area contributed by atoms with Gasteiger partial charge in [0.15, 0.2) is 34.6 Å². The molecule has 0 atom stereocenters. The first-order valence-electron chi connectivity index (χ1n) is 13.8. The van der Waals surface area contributed by atoms with Crippen LogP contribution in [0.4, 0.5) is 0 Å². The van der Waals surface area contributed by atoms with E-state index in [2.05, 4.69) is 10.2 Å². The van der Waals surface area contributed by atoms with Gasteiger partial charge in [-0.05, 0) is 73.2 Å². The molecule has 1 N–H and O–H groups in total. The van der Waals surface area contributed by atoms with Crippen LogP contribution in [-0.2, 0) is 9.59 Å². The molecule has 0 radical (unpaired) electrons. The SMILES string of the molecule is COc1ccc(/C=C/C(=O)C2(C(=O)/C=C/c3ccc(OC)c(OC)c3)CCC(N3CCNCC3)CC2)cc1OC. The number of benzene rings is 2. The number of ether oxygens (including phenoxy) is 4. The van der Waals surface area contributed by atoms with Crippen LogP contribution in [0.5, 0.6) is 23.0 Å². The summed E-state index contributed by atoms with van der Waals surface area (Å²) in [6, 6.07) is 11.3. The van der Waals surface area contributed by atoms with E-state index in [0.29, 0.717) is 41.9 Å². The molecule has 8 heteroatoms. The second-order valence-electron chi connectivity index (χ2n) is 10.2. The molecule has 0 unspecified atom stereocenters. The van der Waals surface area contributed by atoms with E-state index >= 15 is 0 Å². The van der Waals surface area contributed by atoms with Crippen molar-refractivity contribution in [1.82, 2.24) is 10.2 Å². The molecule has 2 aliphatic rings. The molecule has 214 valence electrons. The maximum absolute atomic E-state index is 13.8. The number of hydrogen-bond donors (Lipinski definition) is 1. The fraction of sp³-hybridized carbons (Fsp3) is 0.438. The maximum atomic E-state index is 13.8. The molecular weight excluding hydrogens is 508 g/mol. The largest absolute Gasteiger partial charge is 0.493 e. The number of ketones is 2. The Bertz CT molecular complexity index is 1160. The molecule has 0 amide bonds. The molecule has 8 nitrogen and oxygen atoms in total. The number of methoxy groups -OCH3 is 4. The van der Waals surface area contributed by atoms with Crippen LogP contribution in [-0.4, -0.2) is 77.1 Å². The van der Waals surface area contributed by atoms with Gasteiger partial charge in [-0.15, -0.1) is 0 Å². The van der Waals surface area contributed by atoms with Gasteiger partial charge in [-0.25, -0.2) is 0 Å². The van der Waals surface area contributed by atoms with Crippen molar-refractivity contribution in [2.24, 2.45) is 5.41 Å². The molecule has 0 bridgehead atoms. The highest BCUT2D eigenvalue weighted by atomic mass is 16.5. The van der Waals surface area contributed by atoms with E-state index in [1.807, 2.05) is 24.3 Å². The van der Waals surface area contributed by atoms with Gasteiger partial charge >= 0.3 is 0 Å². The summed E-state index contributed by atoms with van der Waals surface area (Å²) >= 11 is 0. The van der Waals surface area contributed by atoms with Crippen LogP contribution < -0.4 is 24.3 Å². The van der Waals surface area contributed by atoms with E-state index in [9.17, 15) is 9.59 Å². The first kappa shape index (κ1) is 29.4. The number of piperazine rings is 1. The third-order valence-electron chi connectivity index (χ3n) is 8.09. The first-order valence-corrected chi connectivity index (χ1v) is 13.8. The minimum absolute atomic E-state index is 0.164. The summed E-state index contributed by atoms with van der Waals surface area (Å²) in [5.74, 6) is 2.06. The lowest BCUT2D eigenvalue weighted by molar-refractivity contribution is -0.138. The van der Waals surface area contributed by atoms with Gasteiger partial charge in [0, 0.05) is 32.2 Å². The van der Waals surface area contributed by atoms with Crippen molar-refractivity contribution in [3.63, 3.8) is 0 Å². The molecule has 1 aliphatic heterocycles. The maximum Gasteiger partial charge on any atom is 0.169 e. The van der Waals surface area contributed by atoms with Gasteiger partial charge in [0.2, 0.25) is 0 Å². The topological polar surface area (TPSA) is 86.3 Å². The van der Waals surface area contributed by atoms with Crippen molar-refractivity contribution in [3.8, 4) is 23.0 Å². The molecule has 2 fully saturated rings. The molecule has 1 aliphatic carbocycles. The minimum Gasteiger partial charge on any atom is -0.493 e. The smallest absolute Gasteiger partial charge is 0.169 e. The van der Waals surface area contributed by atoms with E-state index in [1.54, 1.807) is 64.9 Å². The summed E-state index contributed by atoms with van der Waals surface area (Å²) in [5, 5.41) is 3.40. The van der Waals surface area contributed by atoms with E-state index in [-0.39, 0.29) is 11.6 Å². The molecule has 0 spiro atoms. The standard InChI is InChI=1S/C32H40N2O6/c1-37-26-9-5-23(21-28(26)39-3)7-11-30(35)32(15-13-25(14-16-32)34-19-17-33-18-20-34)31(36)12-8-24-6-10-27(38-2)29(22-24)40-4/h5-12,21-22,25,33H,13-20H2,1-4H3/b11-7+,12-8+. The lowest BCUT2D eigenvalue weighted by Gasteiger charge is -2.42. The van der Waals surface area contributed by atoms with Gasteiger partial charge in [-0.2, -0.15) is 0 Å². The van der Waals surface area contributed by atoms with Crippen LogP contribution in [0.1, 0.15) is 36.8 Å². The lowest BCUT2D eigenvalue weighted by atomic mass is 9.66. The Labute approximate surface area is 236 Å². The second kappa shape index (κ2) is 13.6. The molecule has 4 rings (SSSR count). The van der Waals surface area contributed by atoms with Gasteiger partial charge in [0.25, 0.3) is 0 Å². The van der Waals surface area contributed by atoms with Gasteiger partial charge in [-0.3, -0.25) is 14.5 Å². The van der Waals surface area contributed by atoms with Crippen molar-refractivity contribution < 1.29 is 28.5 Å². The zero-order valence-corrected chi connectivity index (χ0v) is 23.9. The Morgan fingerprint density at radius 2 is 1.20 bits per heavy atom. The van der Waals surface area contributed by atoms with E-state index in [4.69, 9.17) is 18.9 Å². The molecule has 1 saturated heterocycles. The summed E-state index contributed by atoms with van der Waals surface area (Å²) in [7, 11) is 6.31. The quantitative estimate of drug-likeness (QED) is 0.326. The van der Waals surface area contributed by atoms with E-state index in [0.717, 1.165) is 50.1 Å². The highest BCUT2D eigenvalue weighted by Crippen LogP contribution is 2.41. The monoisotopic (exact) mass is 548 g/mol. The number of nitrogens with zero attached hydrogens (tertiary/aromatic N) is 1. The molecular formula is C32H40N2O6. The zero-order chi connectivity index (χ0) is 28.5. The predicted molar refractivity (Wildman–Crippen MR) is 156 cm³/mol. The Kier molecular flexibility index (Phi) is 10.0. The average molecular weight is 549 g/mol. The van der Waals surface area contributed by atoms with Gasteiger partial charge < -0.3 is 24.3 Å². The van der Waals surface area contributed by atoms with E-state index < -0.39 is 5.41 Å². The molecule has 1 saturated carbocycles. The summed E-state index contributed by atoms with van der Waals surface area (Å²) in [5.41, 5.74) is 0.498. The van der Waals surface area contributed by atoms with Crippen LogP contribution in [0.2, 0.25) is 0 Å². The Morgan fingerprint density at radius 1 is 0.750 bits per heavy atom. The fourth-order valence-corrected chi connectivity index (χ4v) is 5.70. The van der Waals surface area contributed by atoms with Crippen molar-refractivity contribution >= 4 is 23.7 Å². The van der Waals surface area contributed by atoms with Crippen LogP contribution in [0.3, 0.4) is 0 Å². The van der Waals surface area contributed by atoms with Crippen LogP contribution in [0.25, 0.3) is 12.2 Å². The average Bonchev–Trinajstić information content (AvgIpc) is 3.02. The summed E-state index contributed by atoms with van der Waals surface area (Å²) in [4.78, 5) is 30.2. The number of allylic oxidation sites excluding steroid dienone is 2. The Balaban J connectivity index is 1.58. The van der Waals surface area contributed by atoms with Gasteiger partial charge in [0.1, 0.15) is 0 Å². The van der Waals surface area contributed by atoms with Crippen LogP contribution >= 0.6 is 0 Å². The fourth-order valence-electron chi connectivity index (χ4n) is 5.70. The van der Waals surface area contributed by atoms with E-state index in [1.165, 1.54) is 0 Å². The minimum atomic E-state index is -1.09. The number of rotatable bonds is 11. The molecule has 40 heavy (non-hydrogen) atoms. The highest BCUT2D eigenvalue weighted by molar-refractivity contribution is 6.17. The van der Waals surface area contributed by atoms with Crippen LogP contribution in [0, 0.1) is 5.41 Å². The van der Waals surface area contributed by atoms with Crippen molar-refractivity contribution in [2.45, 2.75) is 31.7 Å². The number of nitrogens with one attached hydrogen (secondary N) is 1. The third kappa shape index (κ3) is 6.57. The van der Waals surface area contributed by atoms with Crippen molar-refractivity contribution in [1.29, 1.82) is 0 Å². The summed E-state index contributed by atoms with van der Waals surface area (Å²) in [6.07, 6.45) is 9.26. The second-order valence-corrected chi connectivity index (χ2v) is 10.2. The van der Waals surface area contributed by atoms with Crippen molar-refractivity contribution in [2.75, 3.05) is 54.6 Å². The van der Waals surface area contributed by atoms with Crippen LogP contribution in [0.15, 0.2) is 48.6 Å². The highest BCUT2D eigenvalue weighted by Gasteiger charge is 2.46. The van der Waals surface area contributed by atoms with Gasteiger partial charge in [-0.1, -0.05) is 24.3 Å². The third-order valence-corrected chi connectivity index (χ3v) is 8.09. The molecule has 2 aromatic rings. The number of carbonyl (C=O) groups is 2. The molecule has 1 heterocycles. The first-order chi connectivity index (χ1) is 19.4. The Morgan fingerprint density at radius 3 is 1.62 bits per heavy atom. The van der Waals surface area contributed by atoms with Gasteiger partial charge in [0.05, 0.1) is 33.9 Å². The molecule has 2 aromatic carbocycles. The summed E-state index contributed by atoms with van der Waals surface area (Å²) < 4.78 is 21.4. The van der Waals surface area contributed by atoms with Crippen molar-refractivity contribution in [3.05, 3.63) is 59.7 Å². The molecule has 0 aromatic heterocycles. The number of hydrogen-bond acceptors (Lipinski definition) is 8. The number of carbonyl (C=O) groups excluding carboxylic acids is 2.